The molecule has 0 aromatic carbocycles. The second kappa shape index (κ2) is 3.92. The van der Waals surface area contributed by atoms with Crippen molar-refractivity contribution in [1.82, 2.24) is 0 Å². The number of hydrogen-bond acceptors (Lipinski definition) is 3. The average Bonchev–Trinajstić information content (AvgIpc) is 2.10. The highest BCUT2D eigenvalue weighted by molar-refractivity contribution is 5.81. The summed E-state index contributed by atoms with van der Waals surface area (Å²) in [4.78, 5) is 11.0. The Balaban J connectivity index is 2.47. The number of carbonyl (C=O) groups is 1. The molecule has 3 nitrogen and oxygen atoms in total. The lowest BCUT2D eigenvalue weighted by molar-refractivity contribution is -0.156. The highest BCUT2D eigenvalue weighted by atomic mass is 16.6. The SMILES string of the molecule is C=CC(=O)OC1(C)CCC(O)CC1. The van der Waals surface area contributed by atoms with E-state index < -0.39 is 5.60 Å². The normalized spacial score (nSPS) is 33.8. The molecule has 1 aliphatic carbocycles. The molecule has 0 amide bonds. The molecule has 1 saturated carbocycles. The summed E-state index contributed by atoms with van der Waals surface area (Å²) in [5.74, 6) is -0.376. The maximum Gasteiger partial charge on any atom is 0.330 e. The topological polar surface area (TPSA) is 46.5 Å². The standard InChI is InChI=1S/C10H16O3/c1-3-9(12)13-10(2)6-4-8(11)5-7-10/h3,8,11H,1,4-7H2,2H3. The van der Waals surface area contributed by atoms with E-state index in [1.165, 1.54) is 6.08 Å². The predicted octanol–water partition coefficient (Wildman–Crippen LogP) is 1.41. The van der Waals surface area contributed by atoms with E-state index in [-0.39, 0.29) is 12.1 Å². The van der Waals surface area contributed by atoms with Gasteiger partial charge in [-0.2, -0.15) is 0 Å². The maximum atomic E-state index is 11.0. The van der Waals surface area contributed by atoms with Gasteiger partial charge in [0.25, 0.3) is 0 Å². The molecule has 0 aromatic heterocycles. The van der Waals surface area contributed by atoms with Gasteiger partial charge in [-0.1, -0.05) is 6.58 Å². The quantitative estimate of drug-likeness (QED) is 0.521. The first kappa shape index (κ1) is 10.3. The van der Waals surface area contributed by atoms with Crippen LogP contribution in [-0.2, 0) is 9.53 Å². The van der Waals surface area contributed by atoms with Crippen LogP contribution in [0.15, 0.2) is 12.7 Å². The minimum Gasteiger partial charge on any atom is -0.456 e. The maximum absolute atomic E-state index is 11.0. The van der Waals surface area contributed by atoms with Crippen LogP contribution < -0.4 is 0 Å². The van der Waals surface area contributed by atoms with Gasteiger partial charge in [-0.15, -0.1) is 0 Å². The number of hydrogen-bond donors (Lipinski definition) is 1. The van der Waals surface area contributed by atoms with Crippen molar-refractivity contribution in [2.24, 2.45) is 0 Å². The molecule has 0 spiro atoms. The van der Waals surface area contributed by atoms with Crippen molar-refractivity contribution in [2.75, 3.05) is 0 Å². The van der Waals surface area contributed by atoms with Crippen molar-refractivity contribution in [3.63, 3.8) is 0 Å². The van der Waals surface area contributed by atoms with Crippen LogP contribution in [0.3, 0.4) is 0 Å². The third-order valence-electron chi connectivity index (χ3n) is 2.53. The van der Waals surface area contributed by atoms with E-state index in [1.807, 2.05) is 6.92 Å². The number of carbonyl (C=O) groups excluding carboxylic acids is 1. The summed E-state index contributed by atoms with van der Waals surface area (Å²) in [5, 5.41) is 9.27. The molecule has 0 aromatic rings. The second-order valence-electron chi connectivity index (χ2n) is 3.81. The van der Waals surface area contributed by atoms with Gasteiger partial charge >= 0.3 is 5.97 Å². The zero-order valence-corrected chi connectivity index (χ0v) is 7.95. The van der Waals surface area contributed by atoms with E-state index in [4.69, 9.17) is 4.74 Å². The molecule has 0 radical (unpaired) electrons. The lowest BCUT2D eigenvalue weighted by atomic mass is 9.85. The monoisotopic (exact) mass is 184 g/mol. The van der Waals surface area contributed by atoms with E-state index in [2.05, 4.69) is 6.58 Å². The van der Waals surface area contributed by atoms with Crippen molar-refractivity contribution in [3.05, 3.63) is 12.7 Å². The fraction of sp³-hybridized carbons (Fsp3) is 0.700. The number of ether oxygens (including phenoxy) is 1. The molecular formula is C10H16O3. The molecule has 1 aliphatic rings. The van der Waals surface area contributed by atoms with E-state index in [9.17, 15) is 9.90 Å². The smallest absolute Gasteiger partial charge is 0.330 e. The van der Waals surface area contributed by atoms with Crippen molar-refractivity contribution in [1.29, 1.82) is 0 Å². The van der Waals surface area contributed by atoms with Gasteiger partial charge in [-0.25, -0.2) is 4.79 Å². The summed E-state index contributed by atoms with van der Waals surface area (Å²) in [6, 6.07) is 0. The zero-order valence-electron chi connectivity index (χ0n) is 7.95. The summed E-state index contributed by atoms with van der Waals surface area (Å²) in [6.45, 7) is 5.25. The van der Waals surface area contributed by atoms with Crippen LogP contribution in [0.25, 0.3) is 0 Å². The van der Waals surface area contributed by atoms with Crippen molar-refractivity contribution in [2.45, 2.75) is 44.3 Å². The Kier molecular flexibility index (Phi) is 3.09. The lowest BCUT2D eigenvalue weighted by Gasteiger charge is -2.34. The summed E-state index contributed by atoms with van der Waals surface area (Å²) in [7, 11) is 0. The minimum atomic E-state index is -0.398. The fourth-order valence-electron chi connectivity index (χ4n) is 1.60. The van der Waals surface area contributed by atoms with E-state index in [0.29, 0.717) is 12.8 Å². The Morgan fingerprint density at radius 3 is 2.62 bits per heavy atom. The Bertz CT molecular complexity index is 202. The number of aliphatic hydroxyl groups excluding tert-OH is 1. The molecule has 0 bridgehead atoms. The molecule has 74 valence electrons. The van der Waals surface area contributed by atoms with Crippen molar-refractivity contribution < 1.29 is 14.6 Å². The van der Waals surface area contributed by atoms with Gasteiger partial charge in [-0.3, -0.25) is 0 Å². The Morgan fingerprint density at radius 1 is 1.62 bits per heavy atom. The van der Waals surface area contributed by atoms with Gasteiger partial charge < -0.3 is 9.84 Å². The summed E-state index contributed by atoms with van der Waals surface area (Å²) in [5.41, 5.74) is -0.398. The summed E-state index contributed by atoms with van der Waals surface area (Å²) in [6.07, 6.45) is 3.83. The highest BCUT2D eigenvalue weighted by Crippen LogP contribution is 2.31. The van der Waals surface area contributed by atoms with E-state index in [0.717, 1.165) is 12.8 Å². The summed E-state index contributed by atoms with van der Waals surface area (Å²) >= 11 is 0. The van der Waals surface area contributed by atoms with Crippen LogP contribution in [0, 0.1) is 0 Å². The molecule has 1 N–H and O–H groups in total. The molecule has 1 fully saturated rings. The highest BCUT2D eigenvalue weighted by Gasteiger charge is 2.33. The fourth-order valence-corrected chi connectivity index (χ4v) is 1.60. The first-order chi connectivity index (χ1) is 6.06. The van der Waals surface area contributed by atoms with Gasteiger partial charge in [0.2, 0.25) is 0 Å². The van der Waals surface area contributed by atoms with Gasteiger partial charge in [0.15, 0.2) is 0 Å². The van der Waals surface area contributed by atoms with E-state index in [1.54, 1.807) is 0 Å². The van der Waals surface area contributed by atoms with Crippen LogP contribution in [0.5, 0.6) is 0 Å². The van der Waals surface area contributed by atoms with Crippen LogP contribution in [0.4, 0.5) is 0 Å². The molecule has 0 saturated heterocycles. The van der Waals surface area contributed by atoms with Gasteiger partial charge in [-0.05, 0) is 32.6 Å². The number of rotatable bonds is 2. The summed E-state index contributed by atoms with van der Waals surface area (Å²) < 4.78 is 5.21. The van der Waals surface area contributed by atoms with Crippen LogP contribution in [0.2, 0.25) is 0 Å². The lowest BCUT2D eigenvalue weighted by Crippen LogP contribution is -2.37. The number of aliphatic hydroxyl groups is 1. The van der Waals surface area contributed by atoms with Crippen LogP contribution >= 0.6 is 0 Å². The predicted molar refractivity (Wildman–Crippen MR) is 49.2 cm³/mol. The molecule has 0 unspecified atom stereocenters. The molecule has 0 aliphatic heterocycles. The van der Waals surface area contributed by atoms with Crippen LogP contribution in [-0.4, -0.2) is 22.8 Å². The first-order valence-corrected chi connectivity index (χ1v) is 4.59. The Morgan fingerprint density at radius 2 is 2.15 bits per heavy atom. The molecule has 0 atom stereocenters. The molecule has 3 heteroatoms. The molecular weight excluding hydrogens is 168 g/mol. The third kappa shape index (κ3) is 2.84. The second-order valence-corrected chi connectivity index (χ2v) is 3.81. The van der Waals surface area contributed by atoms with Gasteiger partial charge in [0.1, 0.15) is 5.60 Å². The minimum absolute atomic E-state index is 0.226. The number of esters is 1. The Labute approximate surface area is 78.4 Å². The van der Waals surface area contributed by atoms with Crippen molar-refractivity contribution >= 4 is 5.97 Å². The molecule has 0 heterocycles. The van der Waals surface area contributed by atoms with Gasteiger partial charge in [0.05, 0.1) is 6.10 Å². The largest absolute Gasteiger partial charge is 0.456 e. The van der Waals surface area contributed by atoms with E-state index >= 15 is 0 Å². The van der Waals surface area contributed by atoms with Gasteiger partial charge in [0, 0.05) is 6.08 Å². The molecule has 13 heavy (non-hydrogen) atoms. The first-order valence-electron chi connectivity index (χ1n) is 4.59. The zero-order chi connectivity index (χ0) is 9.90. The van der Waals surface area contributed by atoms with Crippen molar-refractivity contribution in [3.8, 4) is 0 Å². The Hall–Kier alpha value is -0.830. The van der Waals surface area contributed by atoms with Crippen LogP contribution in [0.1, 0.15) is 32.6 Å². The molecule has 1 rings (SSSR count). The average molecular weight is 184 g/mol. The third-order valence-corrected chi connectivity index (χ3v) is 2.53.